The second-order valence-corrected chi connectivity index (χ2v) is 11.3. The van der Waals surface area contributed by atoms with Gasteiger partial charge >= 0.3 is 0 Å². The molecule has 0 spiro atoms. The summed E-state index contributed by atoms with van der Waals surface area (Å²) < 4.78 is 24.5. The lowest BCUT2D eigenvalue weighted by molar-refractivity contribution is -0.268. The molecule has 1 amide bonds. The van der Waals surface area contributed by atoms with Crippen LogP contribution in [0.15, 0.2) is 72.8 Å². The van der Waals surface area contributed by atoms with Crippen LogP contribution in [0, 0.1) is 0 Å². The number of carboxylic acid groups (broad SMARTS) is 1. The van der Waals surface area contributed by atoms with Crippen molar-refractivity contribution in [3.05, 3.63) is 101 Å². The summed E-state index contributed by atoms with van der Waals surface area (Å²) in [6.45, 7) is 2.96. The summed E-state index contributed by atoms with van der Waals surface area (Å²) in [6, 6.07) is 24.8. The van der Waals surface area contributed by atoms with Gasteiger partial charge < -0.3 is 33.7 Å². The van der Waals surface area contributed by atoms with E-state index in [-0.39, 0.29) is 12.0 Å². The van der Waals surface area contributed by atoms with Gasteiger partial charge in [-0.25, -0.2) is 0 Å². The molecule has 2 atom stereocenters. The van der Waals surface area contributed by atoms with Crippen molar-refractivity contribution in [3.8, 4) is 5.75 Å². The average Bonchev–Trinajstić information content (AvgIpc) is 3.69. The Labute approximate surface area is 242 Å². The quantitative estimate of drug-likeness (QED) is 0.329. The lowest BCUT2D eigenvalue weighted by Gasteiger charge is -2.40. The fraction of sp³-hybridized carbons (Fsp3) is 0.441. The second-order valence-electron chi connectivity index (χ2n) is 11.3. The zero-order valence-corrected chi connectivity index (χ0v) is 23.5. The maximum absolute atomic E-state index is 11.6. The molecular formula is C34H38NO6-. The van der Waals surface area contributed by atoms with Gasteiger partial charge in [-0.3, -0.25) is 0 Å². The number of hydrogen-bond donors (Lipinski definition) is 0. The van der Waals surface area contributed by atoms with Crippen LogP contribution in [0.25, 0.3) is 0 Å². The summed E-state index contributed by atoms with van der Waals surface area (Å²) in [5, 5.41) is 11.6. The van der Waals surface area contributed by atoms with E-state index in [2.05, 4.69) is 30.3 Å². The Bertz CT molecular complexity index is 1300. The number of nitrogens with zero attached hydrogens (tertiary/aromatic N) is 1. The number of ether oxygens (including phenoxy) is 4. The van der Waals surface area contributed by atoms with E-state index in [4.69, 9.17) is 18.9 Å². The zero-order valence-electron chi connectivity index (χ0n) is 23.5. The van der Waals surface area contributed by atoms with E-state index in [0.717, 1.165) is 48.1 Å². The summed E-state index contributed by atoms with van der Waals surface area (Å²) in [4.78, 5) is 13.0. The van der Waals surface area contributed by atoms with E-state index >= 15 is 0 Å². The van der Waals surface area contributed by atoms with Gasteiger partial charge in [0, 0.05) is 31.0 Å². The number of rotatable bonds is 10. The van der Waals surface area contributed by atoms with E-state index in [9.17, 15) is 9.90 Å². The minimum Gasteiger partial charge on any atom is -0.530 e. The normalized spacial score (nSPS) is 21.5. The molecule has 0 aromatic heterocycles. The van der Waals surface area contributed by atoms with Crippen molar-refractivity contribution in [2.24, 2.45) is 0 Å². The molecule has 3 aromatic rings. The molecule has 2 aliphatic heterocycles. The predicted molar refractivity (Wildman–Crippen MR) is 153 cm³/mol. The highest BCUT2D eigenvalue weighted by molar-refractivity contribution is 5.62. The first-order valence-electron chi connectivity index (χ1n) is 14.8. The Morgan fingerprint density at radius 3 is 2.54 bits per heavy atom. The molecule has 2 saturated heterocycles. The number of carbonyl (C=O) groups excluding carboxylic acids is 1. The van der Waals surface area contributed by atoms with Crippen molar-refractivity contribution in [1.82, 2.24) is 4.90 Å². The monoisotopic (exact) mass is 556 g/mol. The highest BCUT2D eigenvalue weighted by atomic mass is 16.7. The Kier molecular flexibility index (Phi) is 8.56. The molecule has 216 valence electrons. The summed E-state index contributed by atoms with van der Waals surface area (Å²) in [7, 11) is 0. The molecule has 0 N–H and O–H groups in total. The molecular weight excluding hydrogens is 518 g/mol. The topological polar surface area (TPSA) is 80.3 Å². The number of amides is 1. The molecule has 7 nitrogen and oxygen atoms in total. The van der Waals surface area contributed by atoms with Crippen LogP contribution in [0.5, 0.6) is 5.75 Å². The molecule has 41 heavy (non-hydrogen) atoms. The third-order valence-corrected chi connectivity index (χ3v) is 8.64. The van der Waals surface area contributed by atoms with Crippen molar-refractivity contribution in [3.63, 3.8) is 0 Å². The standard InChI is InChI=1S/C34H39NO6/c36-33(37)35-18-16-31(32(23-35)39-24-25-10-11-26-6-4-7-28(26)22-25)27-12-14-30(15-13-27)38-19-5-17-34(40-20-21-41-34)29-8-2-1-3-9-29/h1-3,8-15,22,31-32H,4-7,16-21,23-24H2,(H,36,37)/p-1. The number of benzene rings is 3. The van der Waals surface area contributed by atoms with Crippen LogP contribution in [0.3, 0.4) is 0 Å². The average molecular weight is 557 g/mol. The van der Waals surface area contributed by atoms with Gasteiger partial charge in [-0.2, -0.15) is 0 Å². The maximum Gasteiger partial charge on any atom is 0.195 e. The van der Waals surface area contributed by atoms with Crippen LogP contribution in [-0.4, -0.2) is 50.0 Å². The number of piperidine rings is 1. The van der Waals surface area contributed by atoms with E-state index in [0.29, 0.717) is 45.9 Å². The van der Waals surface area contributed by atoms with Gasteiger partial charge in [0.05, 0.1) is 32.5 Å². The van der Waals surface area contributed by atoms with Crippen LogP contribution >= 0.6 is 0 Å². The van der Waals surface area contributed by atoms with Crippen molar-refractivity contribution in [1.29, 1.82) is 0 Å². The molecule has 2 heterocycles. The molecule has 6 rings (SSSR count). The fourth-order valence-electron chi connectivity index (χ4n) is 6.46. The molecule has 0 radical (unpaired) electrons. The first-order valence-corrected chi connectivity index (χ1v) is 14.8. The first kappa shape index (κ1) is 27.8. The Balaban J connectivity index is 1.05. The van der Waals surface area contributed by atoms with Crippen LogP contribution < -0.4 is 9.84 Å². The molecule has 0 bridgehead atoms. The fourth-order valence-corrected chi connectivity index (χ4v) is 6.46. The van der Waals surface area contributed by atoms with E-state index in [1.807, 2.05) is 42.5 Å². The molecule has 0 saturated carbocycles. The summed E-state index contributed by atoms with van der Waals surface area (Å²) >= 11 is 0. The molecule has 3 aromatic carbocycles. The summed E-state index contributed by atoms with van der Waals surface area (Å²) in [6.07, 6.45) is 4.29. The van der Waals surface area contributed by atoms with E-state index in [1.165, 1.54) is 22.4 Å². The minimum absolute atomic E-state index is 0.0940. The molecule has 1 aliphatic carbocycles. The Morgan fingerprint density at radius 2 is 1.76 bits per heavy atom. The smallest absolute Gasteiger partial charge is 0.195 e. The molecule has 2 unspecified atom stereocenters. The molecule has 7 heteroatoms. The number of carbonyl (C=O) groups is 1. The summed E-state index contributed by atoms with van der Waals surface area (Å²) in [5.74, 6) is 0.207. The van der Waals surface area contributed by atoms with Crippen LogP contribution in [0.1, 0.15) is 59.4 Å². The Hall–Kier alpha value is -3.39. The predicted octanol–water partition coefficient (Wildman–Crippen LogP) is 4.95. The maximum atomic E-state index is 11.6. The van der Waals surface area contributed by atoms with Crippen molar-refractivity contribution >= 4 is 6.09 Å². The summed E-state index contributed by atoms with van der Waals surface area (Å²) in [5.41, 5.74) is 6.16. The van der Waals surface area contributed by atoms with Gasteiger partial charge in [0.25, 0.3) is 0 Å². The third kappa shape index (κ3) is 6.43. The number of likely N-dealkylation sites (tertiary alicyclic amines) is 1. The van der Waals surface area contributed by atoms with Gasteiger partial charge in [-0.15, -0.1) is 0 Å². The third-order valence-electron chi connectivity index (χ3n) is 8.64. The van der Waals surface area contributed by atoms with Crippen LogP contribution in [-0.2, 0) is 39.4 Å². The zero-order chi connectivity index (χ0) is 28.1. The lowest BCUT2D eigenvalue weighted by atomic mass is 9.87. The lowest BCUT2D eigenvalue weighted by Crippen LogP contribution is -2.51. The second kappa shape index (κ2) is 12.6. The number of aryl methyl sites for hydroxylation is 2. The van der Waals surface area contributed by atoms with Gasteiger partial charge in [0.2, 0.25) is 0 Å². The number of fused-ring (bicyclic) bond motifs is 1. The van der Waals surface area contributed by atoms with Gasteiger partial charge in [0.15, 0.2) is 5.79 Å². The largest absolute Gasteiger partial charge is 0.530 e. The number of hydrogen-bond acceptors (Lipinski definition) is 6. The SMILES string of the molecule is O=C([O-])N1CCC(c2ccc(OCCCC3(c4ccccc4)OCCO3)cc2)C(OCc2ccc3c(c2)CCC3)C1. The Morgan fingerprint density at radius 1 is 0.976 bits per heavy atom. The van der Waals surface area contributed by atoms with Crippen molar-refractivity contribution in [2.75, 3.05) is 32.9 Å². The van der Waals surface area contributed by atoms with Gasteiger partial charge in [-0.05, 0) is 66.5 Å². The molecule has 3 aliphatic rings. The van der Waals surface area contributed by atoms with E-state index < -0.39 is 11.9 Å². The van der Waals surface area contributed by atoms with Crippen molar-refractivity contribution < 1.29 is 28.8 Å². The van der Waals surface area contributed by atoms with Crippen LogP contribution in [0.4, 0.5) is 4.79 Å². The van der Waals surface area contributed by atoms with Crippen LogP contribution in [0.2, 0.25) is 0 Å². The van der Waals surface area contributed by atoms with Crippen molar-refractivity contribution in [2.45, 2.75) is 62.9 Å². The minimum atomic E-state index is -1.14. The molecule has 2 fully saturated rings. The van der Waals surface area contributed by atoms with Gasteiger partial charge in [-0.1, -0.05) is 60.7 Å². The highest BCUT2D eigenvalue weighted by Crippen LogP contribution is 2.36. The van der Waals surface area contributed by atoms with Gasteiger partial charge in [0.1, 0.15) is 11.8 Å². The highest BCUT2D eigenvalue weighted by Gasteiger charge is 2.38. The van der Waals surface area contributed by atoms with E-state index in [1.54, 1.807) is 0 Å². The first-order chi connectivity index (χ1) is 20.1.